The van der Waals surface area contributed by atoms with E-state index in [1.165, 1.54) is 283 Å². The minimum absolute atomic E-state index is 0.345. The average Bonchev–Trinajstić information content (AvgIpc) is 3.66. The van der Waals surface area contributed by atoms with E-state index < -0.39 is 54.4 Å². The molecule has 23 heteroatoms. The van der Waals surface area contributed by atoms with Crippen molar-refractivity contribution in [2.45, 2.75) is 418 Å². The Bertz CT molecular complexity index is 1230. The van der Waals surface area contributed by atoms with Crippen LogP contribution in [0.5, 0.6) is 0 Å². The van der Waals surface area contributed by atoms with Gasteiger partial charge in [-0.3, -0.25) is 19.2 Å². The van der Waals surface area contributed by atoms with Crippen LogP contribution < -0.4 is 0 Å². The Morgan fingerprint density at radius 3 is 0.304 bits per heavy atom. The maximum atomic E-state index is 10.3. The number of aliphatic hydroxyl groups excluding tert-OH is 15. The summed E-state index contributed by atoms with van der Waals surface area (Å²) in [5.41, 5.74) is 0. The van der Waals surface area contributed by atoms with Gasteiger partial charge in [0.1, 0.15) is 30.5 Å². The van der Waals surface area contributed by atoms with E-state index in [-0.39, 0.29) is 66.1 Å². The number of unbranched alkanes of at least 4 members (excludes halogenated alkanes) is 48. The predicted octanol–water partition coefficient (Wildman–Crippen LogP) is 13.9. The molecule has 0 fully saturated rings. The fourth-order valence-electron chi connectivity index (χ4n) is 9.46. The summed E-state index contributed by atoms with van der Waals surface area (Å²) in [6.45, 7) is 5.40. The topological polar surface area (TPSA) is 453 Å². The number of hydrogen-bond donors (Lipinski definition) is 19. The van der Waals surface area contributed by atoms with Gasteiger partial charge in [-0.1, -0.05) is 336 Å². The zero-order chi connectivity index (χ0) is 78.9. The molecule has 0 aromatic carbocycles. The standard InChI is InChI=1S/4C16H32O2.5C3H8O3/c4*1-2-3-4-5-6-7-8-9-10-11-12-13-14-15-16(17)18;5*4-1-3(6)2-5/h4*2-15H2,1H3,(H,17,18);5*3-6H,1-2H2. The van der Waals surface area contributed by atoms with Crippen molar-refractivity contribution in [1.82, 2.24) is 0 Å². The predicted molar refractivity (Wildman–Crippen MR) is 413 cm³/mol. The van der Waals surface area contributed by atoms with Crippen molar-refractivity contribution < 1.29 is 116 Å². The fraction of sp³-hybridized carbons (Fsp3) is 0.949. The van der Waals surface area contributed by atoms with Gasteiger partial charge in [0.15, 0.2) is 0 Å². The Labute approximate surface area is 621 Å². The number of rotatable bonds is 66. The molecule has 0 aromatic rings. The van der Waals surface area contributed by atoms with Crippen molar-refractivity contribution >= 4 is 23.9 Å². The second-order valence-corrected chi connectivity index (χ2v) is 26.6. The maximum absolute atomic E-state index is 10.3. The van der Waals surface area contributed by atoms with Crippen LogP contribution in [0.15, 0.2) is 0 Å². The SMILES string of the molecule is CCCCCCCCCCCCCCCC(=O)O.CCCCCCCCCCCCCCCC(=O)O.CCCCCCCCCCCCCCCC(=O)O.CCCCCCCCCCCCCCCC(=O)O.OCC(O)CO.OCC(O)CO.OCC(O)CO.OCC(O)CO.OCC(O)CO. The van der Waals surface area contributed by atoms with E-state index in [0.29, 0.717) is 25.7 Å². The lowest BCUT2D eigenvalue weighted by Gasteiger charge is -2.02. The molecule has 0 amide bonds. The van der Waals surface area contributed by atoms with Crippen LogP contribution in [0.1, 0.15) is 387 Å². The van der Waals surface area contributed by atoms with Crippen molar-refractivity contribution in [3.63, 3.8) is 0 Å². The molecule has 0 aliphatic rings. The van der Waals surface area contributed by atoms with Crippen molar-refractivity contribution in [2.75, 3.05) is 66.1 Å². The molecule has 0 saturated carbocycles. The zero-order valence-corrected chi connectivity index (χ0v) is 65.7. The summed E-state index contributed by atoms with van der Waals surface area (Å²) in [4.78, 5) is 41.2. The number of hydrogen-bond acceptors (Lipinski definition) is 19. The van der Waals surface area contributed by atoms with Gasteiger partial charge in [-0.2, -0.15) is 0 Å². The van der Waals surface area contributed by atoms with Crippen LogP contribution in [0.2, 0.25) is 0 Å². The molecule has 0 aliphatic carbocycles. The third-order valence-electron chi connectivity index (χ3n) is 16.1. The van der Waals surface area contributed by atoms with E-state index in [0.717, 1.165) is 51.4 Å². The summed E-state index contributed by atoms with van der Waals surface area (Å²) < 4.78 is 0. The largest absolute Gasteiger partial charge is 0.481 e. The van der Waals surface area contributed by atoms with Crippen LogP contribution in [-0.2, 0) is 19.2 Å². The molecule has 0 saturated heterocycles. The summed E-state index contributed by atoms with van der Waals surface area (Å²) in [6.07, 6.45) is 64.3. The van der Waals surface area contributed by atoms with Crippen LogP contribution in [0.4, 0.5) is 0 Å². The first kappa shape index (κ1) is 118. The van der Waals surface area contributed by atoms with Gasteiger partial charge in [-0.15, -0.1) is 0 Å². The quantitative estimate of drug-likeness (QED) is 0.0251. The lowest BCUT2D eigenvalue weighted by atomic mass is 10.0. The van der Waals surface area contributed by atoms with E-state index in [4.69, 9.17) is 97.0 Å². The van der Waals surface area contributed by atoms with E-state index in [9.17, 15) is 19.2 Å². The summed E-state index contributed by atoms with van der Waals surface area (Å²) >= 11 is 0. The first-order valence-electron chi connectivity index (χ1n) is 40.5. The van der Waals surface area contributed by atoms with Crippen LogP contribution in [0.25, 0.3) is 0 Å². The number of aliphatic hydroxyl groups is 15. The fourth-order valence-corrected chi connectivity index (χ4v) is 9.46. The van der Waals surface area contributed by atoms with Crippen molar-refractivity contribution in [3.05, 3.63) is 0 Å². The molecular weight excluding hydrogens is 1320 g/mol. The van der Waals surface area contributed by atoms with Gasteiger partial charge in [0, 0.05) is 25.7 Å². The molecule has 23 nitrogen and oxygen atoms in total. The van der Waals surface area contributed by atoms with Gasteiger partial charge in [-0.25, -0.2) is 0 Å². The molecule has 622 valence electrons. The van der Waals surface area contributed by atoms with Crippen LogP contribution >= 0.6 is 0 Å². The lowest BCUT2D eigenvalue weighted by Crippen LogP contribution is -2.15. The Morgan fingerprint density at radius 2 is 0.245 bits per heavy atom. The van der Waals surface area contributed by atoms with Gasteiger partial charge in [0.25, 0.3) is 0 Å². The van der Waals surface area contributed by atoms with Crippen LogP contribution in [0.3, 0.4) is 0 Å². The van der Waals surface area contributed by atoms with E-state index in [1.807, 2.05) is 0 Å². The van der Waals surface area contributed by atoms with E-state index >= 15 is 0 Å². The Balaban J connectivity index is -0.000000142. The summed E-state index contributed by atoms with van der Waals surface area (Å²) in [5.74, 6) is -2.62. The van der Waals surface area contributed by atoms with Crippen molar-refractivity contribution in [3.8, 4) is 0 Å². The third kappa shape index (κ3) is 151. The normalized spacial score (nSPS) is 10.5. The van der Waals surface area contributed by atoms with Crippen molar-refractivity contribution in [2.24, 2.45) is 0 Å². The van der Waals surface area contributed by atoms with Gasteiger partial charge < -0.3 is 97.0 Å². The highest BCUT2D eigenvalue weighted by molar-refractivity contribution is 5.67. The number of carboxylic acids is 4. The molecule has 0 aromatic heterocycles. The third-order valence-corrected chi connectivity index (χ3v) is 16.1. The second-order valence-electron chi connectivity index (χ2n) is 26.6. The highest BCUT2D eigenvalue weighted by Gasteiger charge is 2.03. The average molecular weight is 1490 g/mol. The first-order chi connectivity index (χ1) is 49.1. The van der Waals surface area contributed by atoms with Gasteiger partial charge in [-0.05, 0) is 25.7 Å². The summed E-state index contributed by atoms with van der Waals surface area (Å²) in [6, 6.07) is 0. The van der Waals surface area contributed by atoms with Crippen molar-refractivity contribution in [1.29, 1.82) is 0 Å². The molecule has 102 heavy (non-hydrogen) atoms. The maximum Gasteiger partial charge on any atom is 0.303 e. The summed E-state index contributed by atoms with van der Waals surface area (Å²) in [7, 11) is 0. The molecule has 0 radical (unpaired) electrons. The highest BCUT2D eigenvalue weighted by atomic mass is 16.4. The minimum Gasteiger partial charge on any atom is -0.481 e. The number of carboxylic acid groups (broad SMARTS) is 4. The van der Waals surface area contributed by atoms with Gasteiger partial charge in [0.2, 0.25) is 0 Å². The number of carbonyl (C=O) groups is 4. The van der Waals surface area contributed by atoms with E-state index in [2.05, 4.69) is 27.7 Å². The summed E-state index contributed by atoms with van der Waals surface area (Å²) in [5, 5.41) is 154. The monoisotopic (exact) mass is 1490 g/mol. The molecule has 0 bridgehead atoms. The molecule has 0 rings (SSSR count). The minimum atomic E-state index is -0.954. The highest BCUT2D eigenvalue weighted by Crippen LogP contribution is 2.17. The van der Waals surface area contributed by atoms with Crippen LogP contribution in [0, 0.1) is 0 Å². The zero-order valence-electron chi connectivity index (χ0n) is 65.7. The number of aliphatic carboxylic acids is 4. The second kappa shape index (κ2) is 114. The Hall–Kier alpha value is -2.72. The molecule has 0 heterocycles. The molecule has 0 atom stereocenters. The lowest BCUT2D eigenvalue weighted by molar-refractivity contribution is -0.138. The molecular formula is C79H168O23. The van der Waals surface area contributed by atoms with E-state index in [1.54, 1.807) is 0 Å². The van der Waals surface area contributed by atoms with Gasteiger partial charge in [0.05, 0.1) is 66.1 Å². The van der Waals surface area contributed by atoms with Gasteiger partial charge >= 0.3 is 23.9 Å². The smallest absolute Gasteiger partial charge is 0.303 e. The molecule has 0 unspecified atom stereocenters. The first-order valence-corrected chi connectivity index (χ1v) is 40.5. The molecule has 0 spiro atoms. The van der Waals surface area contributed by atoms with Crippen LogP contribution in [-0.4, -0.2) is 217 Å². The molecule has 19 N–H and O–H groups in total. The Kier molecular flexibility index (Phi) is 132. The molecule has 0 aliphatic heterocycles. The Morgan fingerprint density at radius 1 is 0.167 bits per heavy atom.